The Labute approximate surface area is 107 Å². The summed E-state index contributed by atoms with van der Waals surface area (Å²) >= 11 is 6.13. The molecule has 1 saturated carbocycles. The topological polar surface area (TPSA) is 37.8 Å². The number of rotatable bonds is 5. The van der Waals surface area contributed by atoms with Crippen molar-refractivity contribution in [2.45, 2.75) is 39.0 Å². The summed E-state index contributed by atoms with van der Waals surface area (Å²) in [6.07, 6.45) is 7.56. The predicted molar refractivity (Wildman–Crippen MR) is 71.7 cm³/mol. The molecular formula is C13H18ClN3. The van der Waals surface area contributed by atoms with Crippen LogP contribution in [0.3, 0.4) is 0 Å². The summed E-state index contributed by atoms with van der Waals surface area (Å²) in [5.74, 6) is 2.31. The van der Waals surface area contributed by atoms with Gasteiger partial charge in [0.1, 0.15) is 16.8 Å². The van der Waals surface area contributed by atoms with Gasteiger partial charge in [-0.25, -0.2) is 9.97 Å². The van der Waals surface area contributed by atoms with E-state index in [4.69, 9.17) is 11.6 Å². The van der Waals surface area contributed by atoms with Crippen LogP contribution in [0.2, 0.25) is 5.15 Å². The first-order valence-electron chi connectivity index (χ1n) is 6.11. The van der Waals surface area contributed by atoms with Crippen molar-refractivity contribution >= 4 is 17.4 Å². The van der Waals surface area contributed by atoms with Gasteiger partial charge in [0, 0.05) is 18.0 Å². The second kappa shape index (κ2) is 5.50. The fourth-order valence-electron chi connectivity index (χ4n) is 1.64. The van der Waals surface area contributed by atoms with Crippen molar-refractivity contribution in [3.63, 3.8) is 0 Å². The summed E-state index contributed by atoms with van der Waals surface area (Å²) in [6.45, 7) is 4.86. The molecule has 1 fully saturated rings. The zero-order chi connectivity index (χ0) is 12.3. The average molecular weight is 252 g/mol. The fourth-order valence-corrected chi connectivity index (χ4v) is 1.82. The molecular weight excluding hydrogens is 234 g/mol. The van der Waals surface area contributed by atoms with Gasteiger partial charge in [-0.2, -0.15) is 0 Å². The summed E-state index contributed by atoms with van der Waals surface area (Å²) in [7, 11) is 0. The van der Waals surface area contributed by atoms with Crippen molar-refractivity contribution in [2.75, 3.05) is 11.9 Å². The molecule has 2 rings (SSSR count). The van der Waals surface area contributed by atoms with Crippen LogP contribution in [0.5, 0.6) is 0 Å². The van der Waals surface area contributed by atoms with Gasteiger partial charge in [-0.05, 0) is 33.1 Å². The first-order valence-corrected chi connectivity index (χ1v) is 6.49. The molecule has 0 amide bonds. The van der Waals surface area contributed by atoms with Gasteiger partial charge >= 0.3 is 0 Å². The second-order valence-corrected chi connectivity index (χ2v) is 4.76. The third-order valence-corrected chi connectivity index (χ3v) is 3.25. The molecule has 17 heavy (non-hydrogen) atoms. The molecule has 0 bridgehead atoms. The van der Waals surface area contributed by atoms with Crippen LogP contribution in [0.15, 0.2) is 12.2 Å². The molecule has 0 spiro atoms. The van der Waals surface area contributed by atoms with Crippen LogP contribution in [-0.2, 0) is 0 Å². The lowest BCUT2D eigenvalue weighted by molar-refractivity contribution is 0.909. The molecule has 0 saturated heterocycles. The van der Waals surface area contributed by atoms with E-state index in [2.05, 4.69) is 27.4 Å². The molecule has 0 radical (unpaired) electrons. The van der Waals surface area contributed by atoms with Crippen LogP contribution in [-0.4, -0.2) is 16.5 Å². The third kappa shape index (κ3) is 3.19. The van der Waals surface area contributed by atoms with Gasteiger partial charge in [0.25, 0.3) is 0 Å². The average Bonchev–Trinajstić information content (AvgIpc) is 3.13. The largest absolute Gasteiger partial charge is 0.369 e. The maximum atomic E-state index is 6.13. The normalized spacial score (nSPS) is 15.5. The Morgan fingerprint density at radius 3 is 2.82 bits per heavy atom. The summed E-state index contributed by atoms with van der Waals surface area (Å²) in [5, 5.41) is 3.90. The smallest absolute Gasteiger partial charge is 0.137 e. The minimum atomic E-state index is 0.532. The van der Waals surface area contributed by atoms with E-state index in [1.807, 2.05) is 13.8 Å². The Balaban J connectivity index is 2.08. The Morgan fingerprint density at radius 2 is 2.18 bits per heavy atom. The number of nitrogens with one attached hydrogen (secondary N) is 1. The summed E-state index contributed by atoms with van der Waals surface area (Å²) in [4.78, 5) is 8.90. The van der Waals surface area contributed by atoms with Crippen LogP contribution < -0.4 is 5.32 Å². The van der Waals surface area contributed by atoms with Crippen molar-refractivity contribution in [1.82, 2.24) is 9.97 Å². The lowest BCUT2D eigenvalue weighted by Crippen LogP contribution is -2.07. The summed E-state index contributed by atoms with van der Waals surface area (Å²) in [5.41, 5.74) is 0.941. The first kappa shape index (κ1) is 12.4. The van der Waals surface area contributed by atoms with Crippen LogP contribution in [0, 0.1) is 6.92 Å². The lowest BCUT2D eigenvalue weighted by atomic mass is 10.3. The number of anilines is 1. The van der Waals surface area contributed by atoms with Crippen LogP contribution in [0.1, 0.15) is 43.5 Å². The molecule has 0 aliphatic heterocycles. The van der Waals surface area contributed by atoms with Crippen molar-refractivity contribution < 1.29 is 0 Å². The first-order chi connectivity index (χ1) is 8.22. The Morgan fingerprint density at radius 1 is 1.41 bits per heavy atom. The highest BCUT2D eigenvalue weighted by Crippen LogP contribution is 2.39. The minimum absolute atomic E-state index is 0.532. The molecule has 4 heteroatoms. The zero-order valence-corrected chi connectivity index (χ0v) is 11.1. The van der Waals surface area contributed by atoms with E-state index in [1.54, 1.807) is 0 Å². The van der Waals surface area contributed by atoms with E-state index in [0.29, 0.717) is 11.1 Å². The number of aromatic nitrogens is 2. The molecule has 1 heterocycles. The van der Waals surface area contributed by atoms with E-state index in [9.17, 15) is 0 Å². The maximum Gasteiger partial charge on any atom is 0.137 e. The molecule has 0 aromatic carbocycles. The molecule has 92 valence electrons. The molecule has 1 aromatic rings. The maximum absolute atomic E-state index is 6.13. The van der Waals surface area contributed by atoms with Crippen molar-refractivity contribution in [1.29, 1.82) is 0 Å². The number of hydrogen-bond acceptors (Lipinski definition) is 3. The number of hydrogen-bond donors (Lipinski definition) is 1. The van der Waals surface area contributed by atoms with Gasteiger partial charge < -0.3 is 5.32 Å². The Hall–Kier alpha value is -1.09. The molecule has 0 unspecified atom stereocenters. The summed E-state index contributed by atoms with van der Waals surface area (Å²) in [6, 6.07) is 0. The highest BCUT2D eigenvalue weighted by molar-refractivity contribution is 6.30. The van der Waals surface area contributed by atoms with E-state index in [0.717, 1.165) is 30.2 Å². The van der Waals surface area contributed by atoms with E-state index < -0.39 is 0 Å². The highest BCUT2D eigenvalue weighted by Gasteiger charge is 2.27. The van der Waals surface area contributed by atoms with Crippen molar-refractivity contribution in [3.8, 4) is 0 Å². The van der Waals surface area contributed by atoms with Gasteiger partial charge in [0.15, 0.2) is 0 Å². The molecule has 1 aliphatic carbocycles. The van der Waals surface area contributed by atoms with Gasteiger partial charge in [-0.3, -0.25) is 0 Å². The third-order valence-electron chi connectivity index (χ3n) is 2.89. The highest BCUT2D eigenvalue weighted by atomic mass is 35.5. The number of halogens is 1. The molecule has 1 aliphatic rings. The predicted octanol–water partition coefficient (Wildman–Crippen LogP) is 3.69. The number of allylic oxidation sites excluding steroid dienone is 1. The van der Waals surface area contributed by atoms with Crippen LogP contribution >= 0.6 is 11.6 Å². The fraction of sp³-hybridized carbons (Fsp3) is 0.538. The van der Waals surface area contributed by atoms with Crippen molar-refractivity contribution in [2.24, 2.45) is 0 Å². The standard InChI is InChI=1S/C13H18ClN3/c1-3-4-5-8-15-12-9(2)11(14)16-13(17-12)10-6-7-10/h3-4,10H,5-8H2,1-2H3,(H,15,16,17)/b4-3+. The van der Waals surface area contributed by atoms with E-state index >= 15 is 0 Å². The molecule has 0 atom stereocenters. The lowest BCUT2D eigenvalue weighted by Gasteiger charge is -2.10. The van der Waals surface area contributed by atoms with E-state index in [1.165, 1.54) is 12.8 Å². The number of nitrogens with zero attached hydrogens (tertiary/aromatic N) is 2. The van der Waals surface area contributed by atoms with Crippen LogP contribution in [0.4, 0.5) is 5.82 Å². The molecule has 1 N–H and O–H groups in total. The Kier molecular flexibility index (Phi) is 4.00. The SMILES string of the molecule is C/C=C/CCNc1nc(C2CC2)nc(Cl)c1C. The molecule has 3 nitrogen and oxygen atoms in total. The van der Waals surface area contributed by atoms with Gasteiger partial charge in [-0.15, -0.1) is 0 Å². The van der Waals surface area contributed by atoms with Gasteiger partial charge in [0.2, 0.25) is 0 Å². The Bertz CT molecular complexity index is 425. The van der Waals surface area contributed by atoms with Crippen molar-refractivity contribution in [3.05, 3.63) is 28.7 Å². The molecule has 1 aromatic heterocycles. The minimum Gasteiger partial charge on any atom is -0.369 e. The monoisotopic (exact) mass is 251 g/mol. The van der Waals surface area contributed by atoms with Crippen LogP contribution in [0.25, 0.3) is 0 Å². The second-order valence-electron chi connectivity index (χ2n) is 4.40. The summed E-state index contributed by atoms with van der Waals surface area (Å²) < 4.78 is 0. The quantitative estimate of drug-likeness (QED) is 0.493. The van der Waals surface area contributed by atoms with Gasteiger partial charge in [0.05, 0.1) is 0 Å². The van der Waals surface area contributed by atoms with E-state index in [-0.39, 0.29) is 0 Å². The van der Waals surface area contributed by atoms with Gasteiger partial charge in [-0.1, -0.05) is 23.8 Å². The zero-order valence-electron chi connectivity index (χ0n) is 10.3.